The first-order chi connectivity index (χ1) is 11.6. The highest BCUT2D eigenvalue weighted by atomic mass is 32.1. The fourth-order valence-electron chi connectivity index (χ4n) is 2.86. The molecule has 0 atom stereocenters. The number of amides is 1. The largest absolute Gasteiger partial charge is 0.508 e. The maximum atomic E-state index is 12.3. The van der Waals surface area contributed by atoms with Crippen LogP contribution in [0.1, 0.15) is 51.9 Å². The Kier molecular flexibility index (Phi) is 4.85. The molecule has 6 heteroatoms. The quantitative estimate of drug-likeness (QED) is 0.450. The van der Waals surface area contributed by atoms with E-state index in [1.54, 1.807) is 0 Å². The van der Waals surface area contributed by atoms with Crippen LogP contribution in [-0.2, 0) is 12.8 Å². The van der Waals surface area contributed by atoms with Crippen molar-refractivity contribution in [2.75, 3.05) is 0 Å². The van der Waals surface area contributed by atoms with Gasteiger partial charge in [-0.25, -0.2) is 5.43 Å². The number of carbonyl (C=O) groups excluding carboxylic acids is 1. The first kappa shape index (κ1) is 16.5. The Morgan fingerprint density at radius 1 is 1.25 bits per heavy atom. The van der Waals surface area contributed by atoms with Gasteiger partial charge in [-0.15, -0.1) is 11.3 Å². The summed E-state index contributed by atoms with van der Waals surface area (Å²) in [5.74, 6) is -0.171. The van der Waals surface area contributed by atoms with E-state index in [0.717, 1.165) is 12.8 Å². The van der Waals surface area contributed by atoms with Crippen LogP contribution >= 0.6 is 11.3 Å². The molecule has 1 amide bonds. The van der Waals surface area contributed by atoms with E-state index in [1.807, 2.05) is 13.0 Å². The molecule has 0 bridgehead atoms. The number of aromatic hydroxyl groups is 2. The van der Waals surface area contributed by atoms with Crippen LogP contribution in [0.25, 0.3) is 0 Å². The smallest absolute Gasteiger partial charge is 0.281 e. The maximum absolute atomic E-state index is 12.3. The molecule has 0 saturated heterocycles. The van der Waals surface area contributed by atoms with E-state index in [-0.39, 0.29) is 17.4 Å². The van der Waals surface area contributed by atoms with Gasteiger partial charge < -0.3 is 10.2 Å². The van der Waals surface area contributed by atoms with Crippen LogP contribution in [0.15, 0.2) is 29.4 Å². The molecule has 0 aliphatic heterocycles. The molecule has 1 aliphatic rings. The summed E-state index contributed by atoms with van der Waals surface area (Å²) in [4.78, 5) is 14.3. The van der Waals surface area contributed by atoms with Crippen LogP contribution in [0.3, 0.4) is 0 Å². The molecule has 3 rings (SSSR count). The van der Waals surface area contributed by atoms with Crippen LogP contribution in [0.4, 0.5) is 0 Å². The highest BCUT2D eigenvalue weighted by molar-refractivity contribution is 7.14. The fraction of sp³-hybridized carbons (Fsp3) is 0.333. The van der Waals surface area contributed by atoms with Gasteiger partial charge in [0, 0.05) is 10.4 Å². The summed E-state index contributed by atoms with van der Waals surface area (Å²) in [7, 11) is 0. The van der Waals surface area contributed by atoms with E-state index in [0.29, 0.717) is 22.6 Å². The SMILES string of the molecule is CC/C(=N\NC(=O)c1cc2c(s1)CCCC2)c1cc(O)ccc1O. The molecule has 1 heterocycles. The minimum Gasteiger partial charge on any atom is -0.508 e. The summed E-state index contributed by atoms with van der Waals surface area (Å²) in [6, 6.07) is 6.21. The molecular weight excluding hydrogens is 324 g/mol. The number of hydrogen-bond acceptors (Lipinski definition) is 5. The molecular formula is C18H20N2O3S. The first-order valence-electron chi connectivity index (χ1n) is 8.09. The fourth-order valence-corrected chi connectivity index (χ4v) is 4.00. The van der Waals surface area contributed by atoms with Crippen molar-refractivity contribution < 1.29 is 15.0 Å². The number of phenols is 2. The molecule has 126 valence electrons. The summed E-state index contributed by atoms with van der Waals surface area (Å²) in [6.45, 7) is 1.87. The highest BCUT2D eigenvalue weighted by Crippen LogP contribution is 2.29. The third kappa shape index (κ3) is 3.43. The van der Waals surface area contributed by atoms with Crippen molar-refractivity contribution in [3.63, 3.8) is 0 Å². The minimum absolute atomic E-state index is 0.0224. The van der Waals surface area contributed by atoms with E-state index < -0.39 is 0 Å². The summed E-state index contributed by atoms with van der Waals surface area (Å²) < 4.78 is 0. The lowest BCUT2D eigenvalue weighted by Gasteiger charge is -2.08. The zero-order valence-corrected chi connectivity index (χ0v) is 14.3. The zero-order valence-electron chi connectivity index (χ0n) is 13.5. The van der Waals surface area contributed by atoms with Crippen molar-refractivity contribution in [2.45, 2.75) is 39.0 Å². The molecule has 0 unspecified atom stereocenters. The van der Waals surface area contributed by atoms with Crippen molar-refractivity contribution >= 4 is 23.0 Å². The van der Waals surface area contributed by atoms with E-state index in [1.165, 1.54) is 52.8 Å². The van der Waals surface area contributed by atoms with Gasteiger partial charge in [-0.05, 0) is 61.9 Å². The molecule has 1 aliphatic carbocycles. The van der Waals surface area contributed by atoms with Crippen LogP contribution in [0.5, 0.6) is 11.5 Å². The van der Waals surface area contributed by atoms with Crippen molar-refractivity contribution in [1.29, 1.82) is 0 Å². The molecule has 1 aromatic carbocycles. The van der Waals surface area contributed by atoms with Gasteiger partial charge in [-0.2, -0.15) is 5.10 Å². The Labute approximate surface area is 144 Å². The van der Waals surface area contributed by atoms with Crippen LogP contribution in [0.2, 0.25) is 0 Å². The van der Waals surface area contributed by atoms with Gasteiger partial charge in [0.15, 0.2) is 0 Å². The number of rotatable bonds is 4. The molecule has 0 radical (unpaired) electrons. The van der Waals surface area contributed by atoms with Crippen molar-refractivity contribution in [3.8, 4) is 11.5 Å². The van der Waals surface area contributed by atoms with Crippen molar-refractivity contribution in [2.24, 2.45) is 5.10 Å². The van der Waals surface area contributed by atoms with Gasteiger partial charge in [-0.3, -0.25) is 4.79 Å². The number of phenolic OH excluding ortho intramolecular Hbond substituents is 2. The number of hydrogen-bond donors (Lipinski definition) is 3. The lowest BCUT2D eigenvalue weighted by atomic mass is 9.99. The molecule has 0 spiro atoms. The van der Waals surface area contributed by atoms with Gasteiger partial charge in [0.25, 0.3) is 5.91 Å². The van der Waals surface area contributed by atoms with Crippen LogP contribution < -0.4 is 5.43 Å². The standard InChI is InChI=1S/C18H20N2O3S/c1-2-14(13-10-12(21)7-8-15(13)22)19-20-18(23)17-9-11-5-3-4-6-16(11)24-17/h7-10,21-22H,2-6H2,1H3,(H,20,23)/b19-14+. The van der Waals surface area contributed by atoms with Gasteiger partial charge in [0.2, 0.25) is 0 Å². The number of carbonyl (C=O) groups is 1. The van der Waals surface area contributed by atoms with Crippen molar-refractivity contribution in [3.05, 3.63) is 45.1 Å². The van der Waals surface area contributed by atoms with Gasteiger partial charge >= 0.3 is 0 Å². The zero-order chi connectivity index (χ0) is 17.1. The molecule has 0 fully saturated rings. The lowest BCUT2D eigenvalue weighted by Crippen LogP contribution is -2.19. The van der Waals surface area contributed by atoms with Gasteiger partial charge in [-0.1, -0.05) is 6.92 Å². The molecule has 2 aromatic rings. The second-order valence-electron chi connectivity index (χ2n) is 5.82. The summed E-state index contributed by atoms with van der Waals surface area (Å²) in [6.07, 6.45) is 4.97. The van der Waals surface area contributed by atoms with Crippen LogP contribution in [-0.4, -0.2) is 21.8 Å². The topological polar surface area (TPSA) is 81.9 Å². The number of thiophene rings is 1. The molecule has 3 N–H and O–H groups in total. The molecule has 1 aromatic heterocycles. The number of fused-ring (bicyclic) bond motifs is 1. The Balaban J connectivity index is 1.78. The monoisotopic (exact) mass is 344 g/mol. The maximum Gasteiger partial charge on any atom is 0.281 e. The van der Waals surface area contributed by atoms with Gasteiger partial charge in [0.05, 0.1) is 10.6 Å². The second kappa shape index (κ2) is 7.05. The molecule has 0 saturated carbocycles. The summed E-state index contributed by atoms with van der Waals surface area (Å²) in [5, 5.41) is 23.7. The lowest BCUT2D eigenvalue weighted by molar-refractivity contribution is 0.0958. The van der Waals surface area contributed by atoms with E-state index in [2.05, 4.69) is 10.5 Å². The van der Waals surface area contributed by atoms with Crippen molar-refractivity contribution in [1.82, 2.24) is 5.43 Å². The number of benzene rings is 1. The molecule has 5 nitrogen and oxygen atoms in total. The number of aryl methyl sites for hydroxylation is 2. The number of nitrogens with one attached hydrogen (secondary N) is 1. The summed E-state index contributed by atoms with van der Waals surface area (Å²) in [5.41, 5.74) is 4.78. The average Bonchev–Trinajstić information content (AvgIpc) is 3.02. The Morgan fingerprint density at radius 3 is 2.79 bits per heavy atom. The minimum atomic E-state index is -0.236. The Hall–Kier alpha value is -2.34. The van der Waals surface area contributed by atoms with Crippen LogP contribution in [0, 0.1) is 0 Å². The number of nitrogens with zero attached hydrogens (tertiary/aromatic N) is 1. The predicted octanol–water partition coefficient (Wildman–Crippen LogP) is 3.58. The van der Waals surface area contributed by atoms with Gasteiger partial charge in [0.1, 0.15) is 11.5 Å². The highest BCUT2D eigenvalue weighted by Gasteiger charge is 2.17. The average molecular weight is 344 g/mol. The normalized spacial score (nSPS) is 14.3. The Morgan fingerprint density at radius 2 is 2.04 bits per heavy atom. The van der Waals surface area contributed by atoms with E-state index in [4.69, 9.17) is 0 Å². The van der Waals surface area contributed by atoms with E-state index in [9.17, 15) is 15.0 Å². The first-order valence-corrected chi connectivity index (χ1v) is 8.91. The third-order valence-corrected chi connectivity index (χ3v) is 5.37. The Bertz CT molecular complexity index is 772. The second-order valence-corrected chi connectivity index (χ2v) is 6.96. The number of hydrazone groups is 1. The van der Waals surface area contributed by atoms with E-state index >= 15 is 0 Å². The predicted molar refractivity (Wildman–Crippen MR) is 95.0 cm³/mol. The summed E-state index contributed by atoms with van der Waals surface area (Å²) >= 11 is 1.53. The third-order valence-electron chi connectivity index (χ3n) is 4.14. The molecule has 24 heavy (non-hydrogen) atoms.